The Morgan fingerprint density at radius 3 is 1.92 bits per heavy atom. The number of unbranched alkanes of at least 4 members (excludes halogenated alkanes) is 1. The van der Waals surface area contributed by atoms with Crippen LogP contribution in [0.25, 0.3) is 54.4 Å². The van der Waals surface area contributed by atoms with Crippen LogP contribution in [0.3, 0.4) is 0 Å². The van der Waals surface area contributed by atoms with E-state index in [0.717, 1.165) is 141 Å². The minimum absolute atomic E-state index is 0.0147. The molecule has 5 aromatic heterocycles. The van der Waals surface area contributed by atoms with Crippen molar-refractivity contribution in [3.63, 3.8) is 0 Å². The first-order chi connectivity index (χ1) is 46.6. The summed E-state index contributed by atoms with van der Waals surface area (Å²) < 4.78 is 10.6. The largest absolute Gasteiger partial charge is 0.477 e. The number of nitrogens with zero attached hydrogens (tertiary/aromatic N) is 8. The van der Waals surface area contributed by atoms with Crippen LogP contribution in [0.4, 0.5) is 15.3 Å². The van der Waals surface area contributed by atoms with Crippen LogP contribution in [-0.2, 0) is 23.9 Å². The van der Waals surface area contributed by atoms with Gasteiger partial charge in [-0.3, -0.25) is 19.3 Å². The molecule has 504 valence electrons. The number of benzene rings is 3. The van der Waals surface area contributed by atoms with Gasteiger partial charge in [-0.25, -0.2) is 34.3 Å². The predicted octanol–water partition coefficient (Wildman–Crippen LogP) is 13.9. The number of aromatic carboxylic acids is 1. The number of amides is 5. The number of imidazole rings is 2. The molecule has 4 fully saturated rings. The summed E-state index contributed by atoms with van der Waals surface area (Å²) in [5, 5.41) is 17.0. The first-order valence-corrected chi connectivity index (χ1v) is 35.5. The number of aromatic amines is 2. The SMILES string of the molecule is COC(=O)N[C@@H](CCCCNC(=O)OCCC1CCC(N(C(=O)C2CCC(C)CC2)c2cc(-c3ccccc3)sc2C(=O)O)CC1)C(=O)N1CCC[C@H]1c1ncc(-c2ccc(-c3ccc(-c4cnc([C@@H]5CCCN5C(=O)C(c5cnc6sc(C)nc6c5)N(C)C)[nH]4)cc3)cc2)[nH]1. The lowest BCUT2D eigenvalue weighted by molar-refractivity contribution is -0.137. The van der Waals surface area contributed by atoms with Crippen molar-refractivity contribution >= 4 is 74.6 Å². The van der Waals surface area contributed by atoms with E-state index >= 15 is 0 Å². The number of pyridine rings is 1. The first-order valence-electron chi connectivity index (χ1n) is 33.9. The third kappa shape index (κ3) is 15.4. The Kier molecular flexibility index (Phi) is 21.4. The highest BCUT2D eigenvalue weighted by Crippen LogP contribution is 2.44. The molecule has 1 unspecified atom stereocenters. The summed E-state index contributed by atoms with van der Waals surface area (Å²) in [5.41, 5.74) is 8.73. The maximum Gasteiger partial charge on any atom is 0.407 e. The molecule has 0 spiro atoms. The number of hydrogen-bond donors (Lipinski definition) is 5. The van der Waals surface area contributed by atoms with Crippen molar-refractivity contribution in [2.24, 2.45) is 17.8 Å². The van der Waals surface area contributed by atoms with Crippen molar-refractivity contribution in [1.29, 1.82) is 0 Å². The number of likely N-dealkylation sites (tertiary alicyclic amines) is 2. The van der Waals surface area contributed by atoms with E-state index in [4.69, 9.17) is 19.4 Å². The molecule has 96 heavy (non-hydrogen) atoms. The zero-order valence-electron chi connectivity index (χ0n) is 55.3. The van der Waals surface area contributed by atoms with E-state index in [0.29, 0.717) is 69.2 Å². The Bertz CT molecular complexity index is 4020. The van der Waals surface area contributed by atoms with E-state index < -0.39 is 30.2 Å². The number of alkyl carbamates (subject to hydrolysis) is 2. The van der Waals surface area contributed by atoms with Gasteiger partial charge >= 0.3 is 18.2 Å². The van der Waals surface area contributed by atoms with Crippen molar-refractivity contribution in [2.45, 2.75) is 147 Å². The Labute approximate surface area is 567 Å². The molecule has 21 nitrogen and oxygen atoms in total. The molecule has 3 aromatic carbocycles. The van der Waals surface area contributed by atoms with Crippen molar-refractivity contribution in [3.8, 4) is 44.1 Å². The first kappa shape index (κ1) is 67.2. The third-order valence-corrected chi connectivity index (χ3v) is 21.8. The topological polar surface area (TPSA) is 261 Å². The molecule has 2 saturated heterocycles. The molecule has 2 saturated carbocycles. The Morgan fingerprint density at radius 2 is 1.31 bits per heavy atom. The number of ether oxygens (including phenoxy) is 2. The number of fused-ring (bicyclic) bond motifs is 1. The second-order valence-corrected chi connectivity index (χ2v) is 28.7. The quantitative estimate of drug-likeness (QED) is 0.0373. The van der Waals surface area contributed by atoms with Crippen LogP contribution in [0.5, 0.6) is 0 Å². The number of carbonyl (C=O) groups is 6. The van der Waals surface area contributed by atoms with Crippen molar-refractivity contribution < 1.29 is 43.3 Å². The summed E-state index contributed by atoms with van der Waals surface area (Å²) in [6.07, 6.45) is 16.1. The smallest absolute Gasteiger partial charge is 0.407 e. The lowest BCUT2D eigenvalue weighted by Crippen LogP contribution is -2.48. The van der Waals surface area contributed by atoms with Gasteiger partial charge in [0, 0.05) is 42.7 Å². The van der Waals surface area contributed by atoms with Crippen molar-refractivity contribution in [2.75, 3.05) is 52.3 Å². The number of rotatable bonds is 23. The monoisotopic (exact) mass is 1340 g/mol. The van der Waals surface area contributed by atoms with Gasteiger partial charge in [0.05, 0.1) is 60.3 Å². The standard InChI is InChI=1S/C73H86N12O9S2/c1-44-18-22-52(23-19-44)68(86)85(61-40-62(96-64(61)71(89)90)51-13-7-6-8-14-51)54-32-20-46(21-33-54)34-38-94-72(91)74-35-10-9-15-55(81-73(92)93-5)69(87)83-36-11-16-59(83)65-75-42-57(79-65)49-28-24-47(25-29-49)48-26-30-50(31-27-48)58-43-76-66(80-58)60-17-12-37-84(60)70(88)63(82(3)4)53-39-56-67(77-41-53)95-45(2)78-56/h6-8,13-14,24-31,39-44,46,52,54-55,59-60,63H,9-12,15-23,32-38H2,1-5H3,(H,74,91)(H,75,79)(H,76,80)(H,81,92)(H,89,90)/t44?,46?,52?,54?,55-,59-,60-,63?/m0/s1. The number of aryl methyl sites for hydroxylation is 1. The van der Waals surface area contributed by atoms with Gasteiger partial charge in [-0.15, -0.1) is 11.3 Å². The second-order valence-electron chi connectivity index (χ2n) is 26.5. The highest BCUT2D eigenvalue weighted by Gasteiger charge is 2.41. The summed E-state index contributed by atoms with van der Waals surface area (Å²) in [5.74, 6) is 0.938. The van der Waals surface area contributed by atoms with Gasteiger partial charge in [0.25, 0.3) is 0 Å². The number of carboxylic acids is 1. The lowest BCUT2D eigenvalue weighted by atomic mass is 9.80. The maximum atomic E-state index is 14.5. The van der Waals surface area contributed by atoms with Gasteiger partial charge in [0.2, 0.25) is 17.7 Å². The zero-order valence-corrected chi connectivity index (χ0v) is 56.9. The number of thiophene rings is 1. The van der Waals surface area contributed by atoms with Crippen LogP contribution in [-0.4, -0.2) is 145 Å². The van der Waals surface area contributed by atoms with Gasteiger partial charge in [0.15, 0.2) is 0 Å². The molecule has 2 aliphatic carbocycles. The number of aromatic nitrogens is 6. The molecule has 7 heterocycles. The van der Waals surface area contributed by atoms with E-state index in [1.54, 1.807) is 28.6 Å². The van der Waals surface area contributed by atoms with E-state index in [1.807, 2.05) is 96.5 Å². The molecular formula is C73H86N12O9S2. The van der Waals surface area contributed by atoms with E-state index in [9.17, 15) is 33.9 Å². The number of nitrogens with one attached hydrogen (secondary N) is 4. The molecule has 12 rings (SSSR count). The van der Waals surface area contributed by atoms with Gasteiger partial charge in [0.1, 0.15) is 39.0 Å². The fraction of sp³-hybridized carbons (Fsp3) is 0.452. The highest BCUT2D eigenvalue weighted by molar-refractivity contribution is 7.18. The highest BCUT2D eigenvalue weighted by atomic mass is 32.1. The van der Waals surface area contributed by atoms with Gasteiger partial charge in [-0.2, -0.15) is 0 Å². The number of carboxylic acid groups (broad SMARTS) is 1. The van der Waals surface area contributed by atoms with Gasteiger partial charge in [-0.1, -0.05) is 97.1 Å². The number of anilines is 1. The number of H-pyrrole nitrogens is 2. The van der Waals surface area contributed by atoms with E-state index in [1.165, 1.54) is 18.4 Å². The van der Waals surface area contributed by atoms with Gasteiger partial charge < -0.3 is 49.9 Å². The van der Waals surface area contributed by atoms with Crippen LogP contribution >= 0.6 is 22.7 Å². The fourth-order valence-electron chi connectivity index (χ4n) is 14.6. The molecule has 5 N–H and O–H groups in total. The van der Waals surface area contributed by atoms with Crippen LogP contribution < -0.4 is 15.5 Å². The molecular weight excluding hydrogens is 1250 g/mol. The van der Waals surface area contributed by atoms with Crippen molar-refractivity contribution in [3.05, 3.63) is 137 Å². The normalized spacial score (nSPS) is 20.3. The zero-order chi connectivity index (χ0) is 67.0. The molecule has 23 heteroatoms. The van der Waals surface area contributed by atoms with E-state index in [2.05, 4.69) is 73.9 Å². The number of thiazole rings is 1. The van der Waals surface area contributed by atoms with Crippen LogP contribution in [0.1, 0.15) is 160 Å². The second kappa shape index (κ2) is 30.5. The predicted molar refractivity (Wildman–Crippen MR) is 371 cm³/mol. The van der Waals surface area contributed by atoms with Crippen LogP contribution in [0.2, 0.25) is 0 Å². The Morgan fingerprint density at radius 1 is 0.698 bits per heavy atom. The lowest BCUT2D eigenvalue weighted by Gasteiger charge is -2.39. The average molecular weight is 1340 g/mol. The summed E-state index contributed by atoms with van der Waals surface area (Å²) >= 11 is 2.76. The molecule has 8 aromatic rings. The summed E-state index contributed by atoms with van der Waals surface area (Å²) in [6, 6.07) is 28.2. The molecule has 2 aliphatic heterocycles. The molecule has 0 bridgehead atoms. The maximum absolute atomic E-state index is 14.5. The van der Waals surface area contributed by atoms with Crippen LogP contribution in [0.15, 0.2) is 110 Å². The van der Waals surface area contributed by atoms with E-state index in [-0.39, 0.29) is 59.2 Å². The molecule has 0 radical (unpaired) electrons. The molecule has 5 amide bonds. The Balaban J connectivity index is 0.594. The Hall–Kier alpha value is -8.80. The third-order valence-electron chi connectivity index (χ3n) is 19.8. The molecule has 4 atom stereocenters. The van der Waals surface area contributed by atoms with Gasteiger partial charge in [-0.05, 0) is 181 Å². The fourth-order valence-corrected chi connectivity index (χ4v) is 16.3. The number of methoxy groups -OCH3 is 1. The minimum atomic E-state index is -1.03. The van der Waals surface area contributed by atoms with Crippen LogP contribution in [0, 0.1) is 24.7 Å². The number of carbonyl (C=O) groups excluding carboxylic acids is 5. The summed E-state index contributed by atoms with van der Waals surface area (Å²) in [7, 11) is 5.11. The van der Waals surface area contributed by atoms with Crippen molar-refractivity contribution in [1.82, 2.24) is 55.2 Å². The minimum Gasteiger partial charge on any atom is -0.477 e. The summed E-state index contributed by atoms with van der Waals surface area (Å²) in [6.45, 7) is 5.89. The number of hydrogen-bond acceptors (Lipinski definition) is 15. The average Bonchev–Trinajstić information content (AvgIpc) is 1.61. The number of likely N-dealkylation sites (N-methyl/N-ethyl adjacent to an activating group) is 1. The molecule has 4 aliphatic rings. The summed E-state index contributed by atoms with van der Waals surface area (Å²) in [4.78, 5) is 117.